The molecule has 1 aromatic heterocycles. The number of para-hydroxylation sites is 1. The predicted molar refractivity (Wildman–Crippen MR) is 81.2 cm³/mol. The number of thiazole rings is 1. The first-order valence-electron chi connectivity index (χ1n) is 6.23. The van der Waals surface area contributed by atoms with Gasteiger partial charge in [0.05, 0.1) is 29.1 Å². The molecule has 1 atom stereocenters. The summed E-state index contributed by atoms with van der Waals surface area (Å²) >= 11 is 1.61. The van der Waals surface area contributed by atoms with E-state index in [1.165, 1.54) is 7.11 Å². The summed E-state index contributed by atoms with van der Waals surface area (Å²) in [6.45, 7) is 2.72. The third-order valence-electron chi connectivity index (χ3n) is 2.96. The number of rotatable bonds is 5. The molecule has 6 heteroatoms. The van der Waals surface area contributed by atoms with E-state index in [2.05, 4.69) is 17.2 Å². The van der Waals surface area contributed by atoms with E-state index >= 15 is 0 Å². The fourth-order valence-electron chi connectivity index (χ4n) is 1.87. The molecule has 0 bridgehead atoms. The molecule has 0 amide bonds. The molecule has 2 rings (SSSR count). The average Bonchev–Trinajstić information content (AvgIpc) is 2.98. The fourth-order valence-corrected chi connectivity index (χ4v) is 2.57. The average molecular weight is 291 g/mol. The maximum Gasteiger partial charge on any atom is 0.340 e. The number of carbonyl (C=O) groups is 1. The smallest absolute Gasteiger partial charge is 0.340 e. The zero-order valence-corrected chi connectivity index (χ0v) is 12.2. The first-order chi connectivity index (χ1) is 9.63. The van der Waals surface area contributed by atoms with Crippen LogP contribution in [0.2, 0.25) is 0 Å². The number of nitrogens with one attached hydrogen (secondary N) is 1. The minimum Gasteiger partial charge on any atom is -0.465 e. The van der Waals surface area contributed by atoms with Crippen LogP contribution >= 0.6 is 11.3 Å². The number of hydrogen-bond acceptors (Lipinski definition) is 6. The van der Waals surface area contributed by atoms with Gasteiger partial charge in [-0.15, -0.1) is 11.3 Å². The van der Waals surface area contributed by atoms with Crippen LogP contribution in [0.1, 0.15) is 28.2 Å². The minimum atomic E-state index is -0.401. The van der Waals surface area contributed by atoms with Crippen LogP contribution in [0.4, 0.5) is 11.4 Å². The zero-order chi connectivity index (χ0) is 14.5. The molecule has 5 nitrogen and oxygen atoms in total. The van der Waals surface area contributed by atoms with Crippen LogP contribution in [0.5, 0.6) is 0 Å². The van der Waals surface area contributed by atoms with Crippen molar-refractivity contribution in [1.82, 2.24) is 4.98 Å². The van der Waals surface area contributed by atoms with E-state index in [0.29, 0.717) is 23.5 Å². The van der Waals surface area contributed by atoms with E-state index in [-0.39, 0.29) is 5.92 Å². The number of nitrogens with zero attached hydrogens (tertiary/aromatic N) is 1. The molecule has 1 unspecified atom stereocenters. The number of esters is 1. The Morgan fingerprint density at radius 1 is 1.55 bits per heavy atom. The molecule has 0 saturated carbocycles. The van der Waals surface area contributed by atoms with Crippen molar-refractivity contribution < 1.29 is 9.53 Å². The summed E-state index contributed by atoms with van der Waals surface area (Å²) in [7, 11) is 1.35. The van der Waals surface area contributed by atoms with Crippen LogP contribution in [0.15, 0.2) is 29.8 Å². The summed E-state index contributed by atoms with van der Waals surface area (Å²) in [6, 6.07) is 5.18. The lowest BCUT2D eigenvalue weighted by Crippen LogP contribution is -2.15. The van der Waals surface area contributed by atoms with Gasteiger partial charge in [0.15, 0.2) is 0 Å². The summed E-state index contributed by atoms with van der Waals surface area (Å²) in [5, 5.41) is 6.22. The second-order valence-electron chi connectivity index (χ2n) is 4.41. The number of aromatic nitrogens is 1. The molecule has 106 valence electrons. The second-order valence-corrected chi connectivity index (χ2v) is 5.34. The second kappa shape index (κ2) is 6.38. The molecule has 20 heavy (non-hydrogen) atoms. The Balaban J connectivity index is 2.14. The van der Waals surface area contributed by atoms with Gasteiger partial charge in [0, 0.05) is 24.0 Å². The third kappa shape index (κ3) is 3.08. The summed E-state index contributed by atoms with van der Waals surface area (Å²) in [5.74, 6) is -0.165. The molecule has 1 heterocycles. The van der Waals surface area contributed by atoms with Crippen molar-refractivity contribution in [2.45, 2.75) is 12.8 Å². The van der Waals surface area contributed by atoms with Crippen LogP contribution in [-0.2, 0) is 4.74 Å². The van der Waals surface area contributed by atoms with Crippen LogP contribution in [0.3, 0.4) is 0 Å². The van der Waals surface area contributed by atoms with Gasteiger partial charge in [-0.25, -0.2) is 9.78 Å². The van der Waals surface area contributed by atoms with Crippen molar-refractivity contribution >= 4 is 28.7 Å². The minimum absolute atomic E-state index is 0.236. The van der Waals surface area contributed by atoms with E-state index < -0.39 is 5.97 Å². The molecule has 0 saturated heterocycles. The maximum absolute atomic E-state index is 11.7. The summed E-state index contributed by atoms with van der Waals surface area (Å²) in [4.78, 5) is 16.0. The van der Waals surface area contributed by atoms with E-state index in [1.807, 2.05) is 5.38 Å². The number of nitrogen functional groups attached to an aromatic ring is 1. The van der Waals surface area contributed by atoms with E-state index in [4.69, 9.17) is 10.5 Å². The van der Waals surface area contributed by atoms with Gasteiger partial charge in [0.1, 0.15) is 0 Å². The molecule has 3 N–H and O–H groups in total. The lowest BCUT2D eigenvalue weighted by Gasteiger charge is -2.15. The van der Waals surface area contributed by atoms with Crippen molar-refractivity contribution in [3.8, 4) is 0 Å². The van der Waals surface area contributed by atoms with Gasteiger partial charge < -0.3 is 15.8 Å². The van der Waals surface area contributed by atoms with Gasteiger partial charge in [0.2, 0.25) is 0 Å². The highest BCUT2D eigenvalue weighted by molar-refractivity contribution is 7.09. The van der Waals surface area contributed by atoms with Crippen LogP contribution in [0, 0.1) is 0 Å². The van der Waals surface area contributed by atoms with Crippen LogP contribution < -0.4 is 11.1 Å². The molecule has 0 aliphatic heterocycles. The van der Waals surface area contributed by atoms with Crippen molar-refractivity contribution in [2.24, 2.45) is 0 Å². The van der Waals surface area contributed by atoms with Gasteiger partial charge >= 0.3 is 5.97 Å². The lowest BCUT2D eigenvalue weighted by atomic mass is 10.1. The van der Waals surface area contributed by atoms with Crippen molar-refractivity contribution in [3.63, 3.8) is 0 Å². The monoisotopic (exact) mass is 291 g/mol. The van der Waals surface area contributed by atoms with Crippen molar-refractivity contribution in [2.75, 3.05) is 24.7 Å². The summed E-state index contributed by atoms with van der Waals surface area (Å²) in [5.41, 5.74) is 7.52. The quantitative estimate of drug-likeness (QED) is 0.654. The molecule has 2 aromatic rings. The number of nitrogens with two attached hydrogens (primary N) is 1. The van der Waals surface area contributed by atoms with Crippen LogP contribution in [-0.4, -0.2) is 24.6 Å². The highest BCUT2D eigenvalue weighted by Crippen LogP contribution is 2.26. The van der Waals surface area contributed by atoms with Gasteiger partial charge in [-0.1, -0.05) is 13.0 Å². The molecular formula is C14H17N3O2S. The largest absolute Gasteiger partial charge is 0.465 e. The van der Waals surface area contributed by atoms with E-state index in [1.54, 1.807) is 35.7 Å². The number of methoxy groups -OCH3 is 1. The lowest BCUT2D eigenvalue weighted by molar-refractivity contribution is 0.0602. The Morgan fingerprint density at radius 2 is 2.35 bits per heavy atom. The highest BCUT2D eigenvalue weighted by Gasteiger charge is 2.15. The molecule has 0 aliphatic rings. The molecule has 1 aromatic carbocycles. The topological polar surface area (TPSA) is 77.2 Å². The standard InChI is InChI=1S/C14H17N3O2S/c1-9(13-16-6-7-20-13)8-17-12-10(14(18)19-2)4-3-5-11(12)15/h3-7,9,17H,8,15H2,1-2H3. The fraction of sp³-hybridized carbons (Fsp3) is 0.286. The Bertz CT molecular complexity index is 584. The van der Waals surface area contributed by atoms with E-state index in [9.17, 15) is 4.79 Å². The first-order valence-corrected chi connectivity index (χ1v) is 7.11. The summed E-state index contributed by atoms with van der Waals surface area (Å²) in [6.07, 6.45) is 1.78. The Hall–Kier alpha value is -2.08. The summed E-state index contributed by atoms with van der Waals surface area (Å²) < 4.78 is 4.77. The van der Waals surface area contributed by atoms with Gasteiger partial charge in [0.25, 0.3) is 0 Å². The van der Waals surface area contributed by atoms with E-state index in [0.717, 1.165) is 5.01 Å². The zero-order valence-electron chi connectivity index (χ0n) is 11.4. The normalized spacial score (nSPS) is 11.9. The van der Waals surface area contributed by atoms with Crippen molar-refractivity contribution in [1.29, 1.82) is 0 Å². The van der Waals surface area contributed by atoms with Gasteiger partial charge in [-0.3, -0.25) is 0 Å². The van der Waals surface area contributed by atoms with Gasteiger partial charge in [-0.2, -0.15) is 0 Å². The number of carbonyl (C=O) groups excluding carboxylic acids is 1. The van der Waals surface area contributed by atoms with Crippen molar-refractivity contribution in [3.05, 3.63) is 40.3 Å². The predicted octanol–water partition coefficient (Wildman–Crippen LogP) is 2.73. The SMILES string of the molecule is COC(=O)c1cccc(N)c1NCC(C)c1nccs1. The van der Waals surface area contributed by atoms with Crippen LogP contribution in [0.25, 0.3) is 0 Å². The number of benzene rings is 1. The molecule has 0 radical (unpaired) electrons. The Labute approximate surface area is 121 Å². The Kier molecular flexibility index (Phi) is 4.57. The Morgan fingerprint density at radius 3 is 3.00 bits per heavy atom. The molecule has 0 spiro atoms. The first kappa shape index (κ1) is 14.3. The molecule has 0 fully saturated rings. The number of ether oxygens (including phenoxy) is 1. The van der Waals surface area contributed by atoms with Gasteiger partial charge in [-0.05, 0) is 12.1 Å². The number of anilines is 2. The molecular weight excluding hydrogens is 274 g/mol. The molecule has 0 aliphatic carbocycles. The number of hydrogen-bond donors (Lipinski definition) is 2. The maximum atomic E-state index is 11.7. The highest BCUT2D eigenvalue weighted by atomic mass is 32.1. The third-order valence-corrected chi connectivity index (χ3v) is 3.97.